The van der Waals surface area contributed by atoms with E-state index >= 15 is 0 Å². The lowest BCUT2D eigenvalue weighted by Gasteiger charge is -2.32. The third kappa shape index (κ3) is 2.12. The van der Waals surface area contributed by atoms with E-state index in [1.807, 2.05) is 6.92 Å². The van der Waals surface area contributed by atoms with Gasteiger partial charge >= 0.3 is 0 Å². The Labute approximate surface area is 68.4 Å². The molecule has 0 N–H and O–H groups in total. The summed E-state index contributed by atoms with van der Waals surface area (Å²) in [5, 5.41) is 3.84. The average Bonchev–Trinajstić information content (AvgIpc) is 1.87. The molecule has 0 fully saturated rings. The van der Waals surface area contributed by atoms with Gasteiger partial charge in [-0.25, -0.2) is 0 Å². The first-order valence-electron chi connectivity index (χ1n) is 4.01. The van der Waals surface area contributed by atoms with Crippen molar-refractivity contribution < 1.29 is 0 Å². The predicted molar refractivity (Wildman–Crippen MR) is 47.2 cm³/mol. The SMILES string of the molecule is CC(C)C(C)(N=[N+]=[N-])C(C)C. The van der Waals surface area contributed by atoms with Crippen molar-refractivity contribution in [1.82, 2.24) is 0 Å². The van der Waals surface area contributed by atoms with Gasteiger partial charge in [-0.15, -0.1) is 0 Å². The van der Waals surface area contributed by atoms with Crippen LogP contribution in [-0.2, 0) is 0 Å². The van der Waals surface area contributed by atoms with E-state index in [0.717, 1.165) is 0 Å². The Morgan fingerprint density at radius 2 is 1.55 bits per heavy atom. The van der Waals surface area contributed by atoms with E-state index in [2.05, 4.69) is 37.7 Å². The molecule has 0 rings (SSSR count). The highest BCUT2D eigenvalue weighted by Gasteiger charge is 2.30. The monoisotopic (exact) mass is 155 g/mol. The molecule has 0 saturated heterocycles. The minimum absolute atomic E-state index is 0.241. The van der Waals surface area contributed by atoms with Crippen molar-refractivity contribution in [3.8, 4) is 0 Å². The minimum atomic E-state index is -0.241. The Bertz CT molecular complexity index is 158. The summed E-state index contributed by atoms with van der Waals surface area (Å²) >= 11 is 0. The third-order valence-electron chi connectivity index (χ3n) is 2.60. The molecule has 0 saturated carbocycles. The number of hydrogen-bond donors (Lipinski definition) is 0. The van der Waals surface area contributed by atoms with Crippen molar-refractivity contribution in [2.75, 3.05) is 0 Å². The van der Waals surface area contributed by atoms with Gasteiger partial charge in [-0.2, -0.15) is 0 Å². The van der Waals surface area contributed by atoms with Crippen LogP contribution < -0.4 is 0 Å². The number of rotatable bonds is 3. The lowest BCUT2D eigenvalue weighted by Crippen LogP contribution is -2.34. The highest BCUT2D eigenvalue weighted by atomic mass is 15.2. The Hall–Kier alpha value is -0.690. The molecule has 64 valence electrons. The summed E-state index contributed by atoms with van der Waals surface area (Å²) in [6.45, 7) is 10.3. The zero-order valence-corrected chi connectivity index (χ0v) is 8.00. The summed E-state index contributed by atoms with van der Waals surface area (Å²) in [4.78, 5) is 2.88. The summed E-state index contributed by atoms with van der Waals surface area (Å²) in [6, 6.07) is 0. The van der Waals surface area contributed by atoms with E-state index in [0.29, 0.717) is 11.8 Å². The van der Waals surface area contributed by atoms with E-state index in [-0.39, 0.29) is 5.54 Å². The van der Waals surface area contributed by atoms with E-state index in [4.69, 9.17) is 5.53 Å². The smallest absolute Gasteiger partial charge is 0.0505 e. The number of hydrogen-bond acceptors (Lipinski definition) is 1. The molecule has 0 aliphatic carbocycles. The maximum absolute atomic E-state index is 8.36. The quantitative estimate of drug-likeness (QED) is 0.341. The standard InChI is InChI=1S/C8H17N3/c1-6(2)8(5,7(3)4)10-11-9/h6-7H,1-5H3. The number of azide groups is 1. The van der Waals surface area contributed by atoms with Crippen molar-refractivity contribution in [1.29, 1.82) is 0 Å². The van der Waals surface area contributed by atoms with E-state index < -0.39 is 0 Å². The second-order valence-electron chi connectivity index (χ2n) is 3.72. The van der Waals surface area contributed by atoms with Crippen LogP contribution in [0.4, 0.5) is 0 Å². The molecule has 3 nitrogen and oxygen atoms in total. The highest BCUT2D eigenvalue weighted by molar-refractivity contribution is 4.89. The van der Waals surface area contributed by atoms with Gasteiger partial charge in [0.15, 0.2) is 0 Å². The lowest BCUT2D eigenvalue weighted by atomic mass is 9.80. The topological polar surface area (TPSA) is 48.8 Å². The molecule has 0 radical (unpaired) electrons. The summed E-state index contributed by atoms with van der Waals surface area (Å²) in [5.74, 6) is 0.775. The van der Waals surface area contributed by atoms with Crippen LogP contribution >= 0.6 is 0 Å². The van der Waals surface area contributed by atoms with Gasteiger partial charge in [-0.05, 0) is 17.4 Å². The maximum Gasteiger partial charge on any atom is 0.0505 e. The Balaban J connectivity index is 4.66. The van der Waals surface area contributed by atoms with Gasteiger partial charge < -0.3 is 0 Å². The molecule has 11 heavy (non-hydrogen) atoms. The lowest BCUT2D eigenvalue weighted by molar-refractivity contribution is 0.250. The molecule has 0 bridgehead atoms. The van der Waals surface area contributed by atoms with Crippen LogP contribution in [0.1, 0.15) is 34.6 Å². The molecule has 3 heteroatoms. The fraction of sp³-hybridized carbons (Fsp3) is 1.00. The molecule has 0 aromatic carbocycles. The fourth-order valence-electron chi connectivity index (χ4n) is 0.994. The molecule has 0 aliphatic heterocycles. The van der Waals surface area contributed by atoms with E-state index in [9.17, 15) is 0 Å². The first kappa shape index (κ1) is 10.3. The van der Waals surface area contributed by atoms with Gasteiger partial charge in [0.25, 0.3) is 0 Å². The maximum atomic E-state index is 8.36. The Morgan fingerprint density at radius 3 is 1.64 bits per heavy atom. The van der Waals surface area contributed by atoms with Gasteiger partial charge in [0.2, 0.25) is 0 Å². The molecule has 0 amide bonds. The van der Waals surface area contributed by atoms with Crippen molar-refractivity contribution in [3.63, 3.8) is 0 Å². The molecule has 0 heterocycles. The zero-order chi connectivity index (χ0) is 9.07. The first-order chi connectivity index (χ1) is 4.95. The van der Waals surface area contributed by atoms with Crippen LogP contribution in [0.25, 0.3) is 10.4 Å². The second-order valence-corrected chi connectivity index (χ2v) is 3.72. The zero-order valence-electron chi connectivity index (χ0n) is 8.00. The van der Waals surface area contributed by atoms with Crippen LogP contribution in [0.5, 0.6) is 0 Å². The van der Waals surface area contributed by atoms with Crippen LogP contribution in [0, 0.1) is 11.8 Å². The highest BCUT2D eigenvalue weighted by Crippen LogP contribution is 2.29. The molecule has 0 aromatic heterocycles. The summed E-state index contributed by atoms with van der Waals surface area (Å²) in [5.41, 5.74) is 8.12. The molecule has 0 spiro atoms. The van der Waals surface area contributed by atoms with Gasteiger partial charge in [0.05, 0.1) is 5.54 Å². The first-order valence-corrected chi connectivity index (χ1v) is 4.01. The molecular formula is C8H17N3. The van der Waals surface area contributed by atoms with E-state index in [1.54, 1.807) is 0 Å². The van der Waals surface area contributed by atoms with Crippen LogP contribution in [-0.4, -0.2) is 5.54 Å². The molecular weight excluding hydrogens is 138 g/mol. The Kier molecular flexibility index (Phi) is 3.40. The summed E-state index contributed by atoms with van der Waals surface area (Å²) < 4.78 is 0. The van der Waals surface area contributed by atoms with Gasteiger partial charge in [0.1, 0.15) is 0 Å². The summed E-state index contributed by atoms with van der Waals surface area (Å²) in [7, 11) is 0. The normalized spacial score (nSPS) is 11.9. The van der Waals surface area contributed by atoms with Gasteiger partial charge in [-0.3, -0.25) is 0 Å². The average molecular weight is 155 g/mol. The fourth-order valence-corrected chi connectivity index (χ4v) is 0.994. The van der Waals surface area contributed by atoms with Gasteiger partial charge in [-0.1, -0.05) is 39.7 Å². The molecule has 0 unspecified atom stereocenters. The van der Waals surface area contributed by atoms with Crippen molar-refractivity contribution in [2.24, 2.45) is 17.0 Å². The largest absolute Gasteiger partial charge is 0.0870 e. The van der Waals surface area contributed by atoms with Crippen molar-refractivity contribution in [2.45, 2.75) is 40.2 Å². The second kappa shape index (κ2) is 3.63. The predicted octanol–water partition coefficient (Wildman–Crippen LogP) is 3.37. The van der Waals surface area contributed by atoms with Crippen molar-refractivity contribution >= 4 is 0 Å². The molecule has 0 aliphatic rings. The molecule has 0 aromatic rings. The van der Waals surface area contributed by atoms with E-state index in [1.165, 1.54) is 0 Å². The van der Waals surface area contributed by atoms with Crippen LogP contribution in [0.3, 0.4) is 0 Å². The summed E-state index contributed by atoms with van der Waals surface area (Å²) in [6.07, 6.45) is 0. The Morgan fingerprint density at radius 1 is 1.18 bits per heavy atom. The van der Waals surface area contributed by atoms with Crippen LogP contribution in [0.2, 0.25) is 0 Å². The van der Waals surface area contributed by atoms with Gasteiger partial charge in [0, 0.05) is 4.91 Å². The number of nitrogens with zero attached hydrogens (tertiary/aromatic N) is 3. The third-order valence-corrected chi connectivity index (χ3v) is 2.60. The van der Waals surface area contributed by atoms with Crippen molar-refractivity contribution in [3.05, 3.63) is 10.4 Å². The minimum Gasteiger partial charge on any atom is -0.0870 e. The molecule has 0 atom stereocenters. The van der Waals surface area contributed by atoms with Crippen LogP contribution in [0.15, 0.2) is 5.11 Å².